The van der Waals surface area contributed by atoms with Crippen molar-refractivity contribution in [1.29, 1.82) is 0 Å². The molecular formula is C10H12FNO. The molecule has 13 heavy (non-hydrogen) atoms. The first-order chi connectivity index (χ1) is 6.27. The Labute approximate surface area is 76.8 Å². The molecule has 0 aliphatic carbocycles. The topological polar surface area (TPSA) is 29.1 Å². The van der Waals surface area contributed by atoms with Crippen LogP contribution in [0, 0.1) is 0 Å². The van der Waals surface area contributed by atoms with E-state index in [0.717, 1.165) is 0 Å². The number of ketones is 1. The SMILES string of the molecule is CNCC(=O)c1cccc(CF)c1. The molecule has 0 heterocycles. The Morgan fingerprint density at radius 3 is 2.92 bits per heavy atom. The highest BCUT2D eigenvalue weighted by molar-refractivity contribution is 5.97. The van der Waals surface area contributed by atoms with E-state index in [1.807, 2.05) is 0 Å². The molecule has 1 aromatic carbocycles. The average Bonchev–Trinajstić information content (AvgIpc) is 2.18. The Bertz CT molecular complexity index is 299. The molecule has 0 spiro atoms. The lowest BCUT2D eigenvalue weighted by atomic mass is 10.1. The van der Waals surface area contributed by atoms with Gasteiger partial charge in [0, 0.05) is 5.56 Å². The summed E-state index contributed by atoms with van der Waals surface area (Å²) in [6.45, 7) is -0.240. The monoisotopic (exact) mass is 181 g/mol. The van der Waals surface area contributed by atoms with Crippen molar-refractivity contribution < 1.29 is 9.18 Å². The number of hydrogen-bond donors (Lipinski definition) is 1. The molecule has 0 radical (unpaired) electrons. The second-order valence-electron chi connectivity index (χ2n) is 2.79. The molecule has 1 rings (SSSR count). The molecule has 0 saturated heterocycles. The van der Waals surface area contributed by atoms with Gasteiger partial charge in [0.05, 0.1) is 6.54 Å². The molecule has 0 bridgehead atoms. The van der Waals surface area contributed by atoms with Crippen LogP contribution < -0.4 is 5.32 Å². The molecule has 0 atom stereocenters. The van der Waals surface area contributed by atoms with Gasteiger partial charge in [-0.3, -0.25) is 4.79 Å². The second-order valence-corrected chi connectivity index (χ2v) is 2.79. The van der Waals surface area contributed by atoms with Crippen LogP contribution in [0.5, 0.6) is 0 Å². The zero-order chi connectivity index (χ0) is 9.68. The zero-order valence-electron chi connectivity index (χ0n) is 7.51. The van der Waals surface area contributed by atoms with Gasteiger partial charge in [0.15, 0.2) is 5.78 Å². The predicted molar refractivity (Wildman–Crippen MR) is 49.5 cm³/mol. The van der Waals surface area contributed by atoms with Crippen LogP contribution in [0.1, 0.15) is 15.9 Å². The molecule has 0 fully saturated rings. The molecule has 2 nitrogen and oxygen atoms in total. The Kier molecular flexibility index (Phi) is 3.58. The van der Waals surface area contributed by atoms with Crippen LogP contribution in [0.2, 0.25) is 0 Å². The van der Waals surface area contributed by atoms with Gasteiger partial charge in [-0.2, -0.15) is 0 Å². The summed E-state index contributed by atoms with van der Waals surface area (Å²) < 4.78 is 12.2. The first kappa shape index (κ1) is 9.86. The van der Waals surface area contributed by atoms with Crippen molar-refractivity contribution in [2.24, 2.45) is 0 Å². The fourth-order valence-corrected chi connectivity index (χ4v) is 1.09. The van der Waals surface area contributed by atoms with Crippen LogP contribution in [-0.2, 0) is 6.67 Å². The lowest BCUT2D eigenvalue weighted by Crippen LogP contribution is -2.18. The minimum atomic E-state index is -0.527. The first-order valence-electron chi connectivity index (χ1n) is 4.10. The highest BCUT2D eigenvalue weighted by Crippen LogP contribution is 2.06. The van der Waals surface area contributed by atoms with Crippen LogP contribution in [0.25, 0.3) is 0 Å². The summed E-state index contributed by atoms with van der Waals surface area (Å²) in [5, 5.41) is 2.76. The number of Topliss-reactive ketones (excluding diaryl/α,β-unsaturated/α-hetero) is 1. The molecule has 70 valence electrons. The van der Waals surface area contributed by atoms with E-state index in [9.17, 15) is 9.18 Å². The normalized spacial score (nSPS) is 10.0. The van der Waals surface area contributed by atoms with Gasteiger partial charge < -0.3 is 5.32 Å². The van der Waals surface area contributed by atoms with Crippen LogP contribution in [-0.4, -0.2) is 19.4 Å². The van der Waals surface area contributed by atoms with Gasteiger partial charge in [-0.25, -0.2) is 4.39 Å². The third kappa shape index (κ3) is 2.63. The highest BCUT2D eigenvalue weighted by atomic mass is 19.1. The third-order valence-electron chi connectivity index (χ3n) is 1.74. The summed E-state index contributed by atoms with van der Waals surface area (Å²) in [7, 11) is 1.71. The van der Waals surface area contributed by atoms with E-state index in [4.69, 9.17) is 0 Å². The standard InChI is InChI=1S/C10H12FNO/c1-12-7-10(13)9-4-2-3-8(5-9)6-11/h2-5,12H,6-7H2,1H3. The number of hydrogen-bond acceptors (Lipinski definition) is 2. The van der Waals surface area contributed by atoms with E-state index in [2.05, 4.69) is 5.32 Å². The number of benzene rings is 1. The quantitative estimate of drug-likeness (QED) is 0.714. The Morgan fingerprint density at radius 2 is 2.31 bits per heavy atom. The van der Waals surface area contributed by atoms with Crippen molar-refractivity contribution in [3.8, 4) is 0 Å². The maximum atomic E-state index is 12.2. The number of rotatable bonds is 4. The smallest absolute Gasteiger partial charge is 0.176 e. The summed E-state index contributed by atoms with van der Waals surface area (Å²) in [5.41, 5.74) is 1.10. The maximum Gasteiger partial charge on any atom is 0.176 e. The number of likely N-dealkylation sites (N-methyl/N-ethyl adjacent to an activating group) is 1. The Morgan fingerprint density at radius 1 is 1.54 bits per heavy atom. The molecule has 0 unspecified atom stereocenters. The minimum Gasteiger partial charge on any atom is -0.313 e. The molecular weight excluding hydrogens is 169 g/mol. The summed E-state index contributed by atoms with van der Waals surface area (Å²) in [4.78, 5) is 11.3. The summed E-state index contributed by atoms with van der Waals surface area (Å²) in [5.74, 6) is -0.0159. The lowest BCUT2D eigenvalue weighted by molar-refractivity contribution is 0.0993. The van der Waals surface area contributed by atoms with E-state index >= 15 is 0 Å². The molecule has 0 aliphatic heterocycles. The van der Waals surface area contributed by atoms with E-state index in [1.165, 1.54) is 0 Å². The minimum absolute atomic E-state index is 0.0159. The van der Waals surface area contributed by atoms with E-state index in [-0.39, 0.29) is 12.3 Å². The predicted octanol–water partition coefficient (Wildman–Crippen LogP) is 1.56. The number of halogens is 1. The maximum absolute atomic E-state index is 12.2. The fraction of sp³-hybridized carbons (Fsp3) is 0.300. The van der Waals surface area contributed by atoms with Crippen molar-refractivity contribution in [1.82, 2.24) is 5.32 Å². The van der Waals surface area contributed by atoms with Gasteiger partial charge in [0.2, 0.25) is 0 Å². The van der Waals surface area contributed by atoms with Gasteiger partial charge in [-0.1, -0.05) is 18.2 Å². The van der Waals surface area contributed by atoms with Crippen molar-refractivity contribution in [2.75, 3.05) is 13.6 Å². The van der Waals surface area contributed by atoms with E-state index < -0.39 is 6.67 Å². The van der Waals surface area contributed by atoms with Gasteiger partial charge in [-0.15, -0.1) is 0 Å². The Balaban J connectivity index is 2.82. The van der Waals surface area contributed by atoms with Crippen molar-refractivity contribution in [3.05, 3.63) is 35.4 Å². The average molecular weight is 181 g/mol. The fourth-order valence-electron chi connectivity index (χ4n) is 1.09. The second kappa shape index (κ2) is 4.72. The highest BCUT2D eigenvalue weighted by Gasteiger charge is 2.04. The molecule has 0 saturated carbocycles. The van der Waals surface area contributed by atoms with Gasteiger partial charge >= 0.3 is 0 Å². The summed E-state index contributed by atoms with van der Waals surface area (Å²) >= 11 is 0. The number of nitrogens with one attached hydrogen (secondary N) is 1. The zero-order valence-corrected chi connectivity index (χ0v) is 7.51. The van der Waals surface area contributed by atoms with E-state index in [1.54, 1.807) is 31.3 Å². The molecule has 0 aliphatic rings. The third-order valence-corrected chi connectivity index (χ3v) is 1.74. The molecule has 3 heteroatoms. The van der Waals surface area contributed by atoms with Crippen molar-refractivity contribution in [2.45, 2.75) is 6.67 Å². The lowest BCUT2D eigenvalue weighted by Gasteiger charge is -2.01. The molecule has 0 amide bonds. The van der Waals surface area contributed by atoms with Crippen LogP contribution in [0.4, 0.5) is 4.39 Å². The van der Waals surface area contributed by atoms with Gasteiger partial charge in [0.25, 0.3) is 0 Å². The molecule has 0 aromatic heterocycles. The van der Waals surface area contributed by atoms with Crippen LogP contribution in [0.15, 0.2) is 24.3 Å². The van der Waals surface area contributed by atoms with Crippen molar-refractivity contribution >= 4 is 5.78 Å². The Hall–Kier alpha value is -1.22. The number of alkyl halides is 1. The van der Waals surface area contributed by atoms with Crippen LogP contribution >= 0.6 is 0 Å². The molecule has 1 N–H and O–H groups in total. The van der Waals surface area contributed by atoms with Gasteiger partial charge in [0.1, 0.15) is 6.67 Å². The number of carbonyl (C=O) groups is 1. The summed E-state index contributed by atoms with van der Waals surface area (Å²) in [6, 6.07) is 6.63. The van der Waals surface area contributed by atoms with Crippen molar-refractivity contribution in [3.63, 3.8) is 0 Å². The summed E-state index contributed by atoms with van der Waals surface area (Å²) in [6.07, 6.45) is 0. The first-order valence-corrected chi connectivity index (χ1v) is 4.10. The van der Waals surface area contributed by atoms with Gasteiger partial charge in [-0.05, 0) is 18.7 Å². The molecule has 1 aromatic rings. The number of carbonyl (C=O) groups excluding carboxylic acids is 1. The largest absolute Gasteiger partial charge is 0.313 e. The van der Waals surface area contributed by atoms with E-state index in [0.29, 0.717) is 11.1 Å². The van der Waals surface area contributed by atoms with Crippen LogP contribution in [0.3, 0.4) is 0 Å².